The van der Waals surface area contributed by atoms with Crippen LogP contribution < -0.4 is 0 Å². The van der Waals surface area contributed by atoms with E-state index in [0.717, 1.165) is 12.1 Å². The van der Waals surface area contributed by atoms with Gasteiger partial charge in [-0.3, -0.25) is 0 Å². The Morgan fingerprint density at radius 3 is 1.02 bits per heavy atom. The molecule has 394 valence electrons. The quantitative estimate of drug-likeness (QED) is 0.146. The number of rotatable bonds is 7. The fourth-order valence-electron chi connectivity index (χ4n) is 11.3. The normalized spacial score (nSPS) is 10.8. The molecule has 15 heteroatoms. The molecule has 0 aliphatic carbocycles. The molecule has 0 amide bonds. The van der Waals surface area contributed by atoms with E-state index in [-0.39, 0.29) is 73.2 Å². The van der Waals surface area contributed by atoms with Crippen molar-refractivity contribution in [3.05, 3.63) is 266 Å². The van der Waals surface area contributed by atoms with Crippen molar-refractivity contribution < 1.29 is 13.2 Å². The maximum atomic E-state index is 15.6. The van der Waals surface area contributed by atoms with Crippen LogP contribution in [0.25, 0.3) is 135 Å². The van der Waals surface area contributed by atoms with E-state index >= 15 is 13.2 Å². The molecule has 0 aliphatic heterocycles. The standard InChI is InChI=1S/C71H29F3N12/c1-80-53-22-42(37-77)20-49(24-53)45-10-14-65-58(29-45)57-28-44(48-18-40(35-75)17-41(19-48)36-76)9-13-64(57)85(65)68-32-52(70-62(71(72,73)74)7-6-8-63(70)84-5)33-69(61(68)39-79)86-66-15-11-46(50-21-43(38-78)23-54(25-50)81-2)30-59(66)60-31-47(12-16-67(60)86)51-26-55(82-3)34-56(27-51)83-4/h6-34H. The largest absolute Gasteiger partial charge is 0.415 e. The minimum absolute atomic E-state index is 0.0137. The Hall–Kier alpha value is -13.5. The second-order valence-corrected chi connectivity index (χ2v) is 19.9. The number of nitrogens with zero attached hydrogens (tertiary/aromatic N) is 12. The molecule has 0 radical (unpaired) electrons. The molecule has 86 heavy (non-hydrogen) atoms. The zero-order valence-electron chi connectivity index (χ0n) is 44.2. The summed E-state index contributed by atoms with van der Waals surface area (Å²) in [6, 6.07) is 57.9. The van der Waals surface area contributed by atoms with Crippen molar-refractivity contribution in [1.29, 1.82) is 26.3 Å². The number of fused-ring (bicyclic) bond motifs is 6. The smallest absolute Gasteiger partial charge is 0.308 e. The molecule has 0 unspecified atom stereocenters. The molecule has 0 aliphatic rings. The van der Waals surface area contributed by atoms with E-state index in [2.05, 4.69) is 54.6 Å². The van der Waals surface area contributed by atoms with Crippen molar-refractivity contribution >= 4 is 72.0 Å². The third-order valence-corrected chi connectivity index (χ3v) is 15.0. The Labute approximate surface area is 488 Å². The Balaban J connectivity index is 1.23. The number of hydrogen-bond donors (Lipinski definition) is 0. The topological polar surface area (TPSA) is 151 Å². The van der Waals surface area contributed by atoms with Gasteiger partial charge in [0.1, 0.15) is 11.6 Å². The van der Waals surface area contributed by atoms with Crippen molar-refractivity contribution in [1.82, 2.24) is 9.13 Å². The molecule has 0 saturated heterocycles. The van der Waals surface area contributed by atoms with Crippen LogP contribution in [-0.4, -0.2) is 9.13 Å². The van der Waals surface area contributed by atoms with E-state index < -0.39 is 17.3 Å². The van der Waals surface area contributed by atoms with Gasteiger partial charge in [0.25, 0.3) is 0 Å². The van der Waals surface area contributed by atoms with E-state index in [1.807, 2.05) is 24.3 Å². The number of halogens is 3. The SMILES string of the molecule is [C-]#[N+]c1cc(C#N)cc(-c2ccc3c(c2)c2cc(-c4cc(C#N)cc(C#N)c4)ccc2n3-c2cc(-c3c([N+]#[C-])cccc3C(F)(F)F)cc(-n3c4ccc(-c5cc(C#N)cc([N+]#[C-])c5)cc4c4cc(-c5cc([N+]#[C-])cc([N+]#[C-])c5)ccc43)c2C#N)c1. The third-order valence-electron chi connectivity index (χ3n) is 15.0. The summed E-state index contributed by atoms with van der Waals surface area (Å²) in [5.74, 6) is 0. The second kappa shape index (κ2) is 20.9. The van der Waals surface area contributed by atoms with Gasteiger partial charge in [0.15, 0.2) is 28.4 Å². The molecule has 0 saturated carbocycles. The lowest BCUT2D eigenvalue weighted by molar-refractivity contribution is -0.137. The van der Waals surface area contributed by atoms with Gasteiger partial charge in [0, 0.05) is 32.7 Å². The molecular formula is C71H29F3N12. The van der Waals surface area contributed by atoms with Gasteiger partial charge in [-0.25, -0.2) is 24.2 Å². The van der Waals surface area contributed by atoms with Crippen molar-refractivity contribution in [2.45, 2.75) is 6.18 Å². The fourth-order valence-corrected chi connectivity index (χ4v) is 11.3. The van der Waals surface area contributed by atoms with Crippen LogP contribution >= 0.6 is 0 Å². The number of aromatic nitrogens is 2. The fraction of sp³-hybridized carbons (Fsp3) is 0.0141. The second-order valence-electron chi connectivity index (χ2n) is 19.9. The number of nitriles is 5. The van der Waals surface area contributed by atoms with E-state index in [1.54, 1.807) is 106 Å². The molecule has 2 aromatic heterocycles. The highest BCUT2D eigenvalue weighted by Gasteiger charge is 2.36. The van der Waals surface area contributed by atoms with Crippen molar-refractivity contribution in [2.75, 3.05) is 0 Å². The first-order valence-corrected chi connectivity index (χ1v) is 25.8. The summed E-state index contributed by atoms with van der Waals surface area (Å²) < 4.78 is 50.2. The molecule has 0 N–H and O–H groups in total. The van der Waals surface area contributed by atoms with Crippen LogP contribution in [0.15, 0.2) is 176 Å². The van der Waals surface area contributed by atoms with Crippen LogP contribution in [0, 0.1) is 89.5 Å². The van der Waals surface area contributed by atoms with Crippen LogP contribution in [0.3, 0.4) is 0 Å². The van der Waals surface area contributed by atoms with Crippen molar-refractivity contribution in [3.8, 4) is 97.4 Å². The van der Waals surface area contributed by atoms with Gasteiger partial charge in [0.2, 0.25) is 0 Å². The van der Waals surface area contributed by atoms with Crippen molar-refractivity contribution in [2.24, 2.45) is 0 Å². The third kappa shape index (κ3) is 9.00. The van der Waals surface area contributed by atoms with Gasteiger partial charge in [-0.1, -0.05) is 60.7 Å². The first-order valence-electron chi connectivity index (χ1n) is 25.8. The van der Waals surface area contributed by atoms with Crippen molar-refractivity contribution in [3.63, 3.8) is 0 Å². The maximum absolute atomic E-state index is 15.6. The molecule has 12 aromatic rings. The minimum Gasteiger partial charge on any atom is -0.308 e. The summed E-state index contributed by atoms with van der Waals surface area (Å²) in [6.45, 7) is 39.5. The Kier molecular flexibility index (Phi) is 12.9. The van der Waals surface area contributed by atoms with E-state index in [9.17, 15) is 26.3 Å². The summed E-state index contributed by atoms with van der Waals surface area (Å²) in [6.07, 6.45) is -4.97. The van der Waals surface area contributed by atoms with Crippen LogP contribution in [0.2, 0.25) is 0 Å². The predicted molar refractivity (Wildman–Crippen MR) is 322 cm³/mol. The number of hydrogen-bond acceptors (Lipinski definition) is 5. The summed E-state index contributed by atoms with van der Waals surface area (Å²) in [4.78, 5) is 18.0. The molecular weight excluding hydrogens is 1080 g/mol. The van der Waals surface area contributed by atoms with Gasteiger partial charge >= 0.3 is 6.18 Å². The zero-order chi connectivity index (χ0) is 60.1. The first kappa shape index (κ1) is 53.1. The molecule has 0 atom stereocenters. The van der Waals surface area contributed by atoms with Gasteiger partial charge in [-0.15, -0.1) is 0 Å². The summed E-state index contributed by atoms with van der Waals surface area (Å²) in [7, 11) is 0. The van der Waals surface area contributed by atoms with Gasteiger partial charge in [-0.05, 0) is 171 Å². The Morgan fingerprint density at radius 2 is 0.686 bits per heavy atom. The molecule has 10 aromatic carbocycles. The lowest BCUT2D eigenvalue weighted by atomic mass is 9.94. The zero-order valence-corrected chi connectivity index (χ0v) is 44.2. The molecule has 0 fully saturated rings. The lowest BCUT2D eigenvalue weighted by Crippen LogP contribution is -2.09. The van der Waals surface area contributed by atoms with Gasteiger partial charge < -0.3 is 9.13 Å². The highest BCUT2D eigenvalue weighted by molar-refractivity contribution is 6.14. The predicted octanol–water partition coefficient (Wildman–Crippen LogP) is 19.3. The minimum atomic E-state index is -4.97. The molecule has 12 rings (SSSR count). The first-order chi connectivity index (χ1) is 41.7. The Morgan fingerprint density at radius 1 is 0.337 bits per heavy atom. The van der Waals surface area contributed by atoms with Crippen LogP contribution in [0.4, 0.5) is 41.6 Å². The monoisotopic (exact) mass is 1110 g/mol. The summed E-state index contributed by atoms with van der Waals surface area (Å²) >= 11 is 0. The summed E-state index contributed by atoms with van der Waals surface area (Å²) in [5, 5.41) is 54.1. The van der Waals surface area contributed by atoms with E-state index in [0.29, 0.717) is 88.1 Å². The van der Waals surface area contributed by atoms with Crippen LogP contribution in [0.5, 0.6) is 0 Å². The van der Waals surface area contributed by atoms with Gasteiger partial charge in [-0.2, -0.15) is 39.5 Å². The average molecular weight is 1110 g/mol. The number of alkyl halides is 3. The number of benzene rings is 10. The molecule has 0 bridgehead atoms. The van der Waals surface area contributed by atoms with E-state index in [4.69, 9.17) is 32.9 Å². The maximum Gasteiger partial charge on any atom is 0.415 e. The summed E-state index contributed by atoms with van der Waals surface area (Å²) in [5.41, 5.74) is 6.59. The van der Waals surface area contributed by atoms with Crippen LogP contribution in [-0.2, 0) is 6.18 Å². The highest BCUT2D eigenvalue weighted by Crippen LogP contribution is 2.48. The van der Waals surface area contributed by atoms with E-state index in [1.165, 1.54) is 42.5 Å². The molecule has 12 nitrogen and oxygen atoms in total. The molecule has 2 heterocycles. The average Bonchev–Trinajstić information content (AvgIpc) is 1.99. The van der Waals surface area contributed by atoms with Crippen LogP contribution in [0.1, 0.15) is 33.4 Å². The van der Waals surface area contributed by atoms with Gasteiger partial charge in [0.05, 0.1) is 107 Å². The Bertz CT molecular complexity index is 4800. The highest BCUT2D eigenvalue weighted by atomic mass is 19.4. The lowest BCUT2D eigenvalue weighted by Gasteiger charge is -2.21. The molecule has 0 spiro atoms.